The van der Waals surface area contributed by atoms with Crippen LogP contribution in [0.2, 0.25) is 0 Å². The van der Waals surface area contributed by atoms with Crippen LogP contribution in [0.5, 0.6) is 5.75 Å². The molecule has 2 aliphatic rings. The van der Waals surface area contributed by atoms with E-state index >= 15 is 0 Å². The first-order valence-corrected chi connectivity index (χ1v) is 9.52. The molecule has 5 heteroatoms. The molecule has 1 heterocycles. The van der Waals surface area contributed by atoms with E-state index in [-0.39, 0.29) is 11.8 Å². The molecule has 0 radical (unpaired) electrons. The molecule has 1 aliphatic heterocycles. The minimum atomic E-state index is -0.841. The maximum absolute atomic E-state index is 12.0. The van der Waals surface area contributed by atoms with Gasteiger partial charge in [0, 0.05) is 12.6 Å². The van der Waals surface area contributed by atoms with Gasteiger partial charge in [0.05, 0.1) is 6.61 Å². The smallest absolute Gasteiger partial charge is 0.249 e. The standard InChI is InChI=1S/C20H30N2O3/c1-15-5-2-3-6-18(15)25-14-4-11-22-12-9-16(10-13-22)19(23)20(24)21-17-7-8-17/h2-3,5-6,16-17,19,23H,4,7-14H2,1H3,(H,21,24). The molecule has 2 N–H and O–H groups in total. The van der Waals surface area contributed by atoms with Gasteiger partial charge in [0.15, 0.2) is 0 Å². The Balaban J connectivity index is 1.31. The van der Waals surface area contributed by atoms with Crippen LogP contribution in [0.25, 0.3) is 0 Å². The monoisotopic (exact) mass is 346 g/mol. The largest absolute Gasteiger partial charge is 0.493 e. The highest BCUT2D eigenvalue weighted by molar-refractivity contribution is 5.81. The van der Waals surface area contributed by atoms with Gasteiger partial charge in [-0.25, -0.2) is 0 Å². The summed E-state index contributed by atoms with van der Waals surface area (Å²) in [5, 5.41) is 13.1. The summed E-state index contributed by atoms with van der Waals surface area (Å²) >= 11 is 0. The Hall–Kier alpha value is -1.59. The zero-order chi connectivity index (χ0) is 17.6. The Bertz CT molecular complexity index is 566. The normalized spacial score (nSPS) is 20.2. The third-order valence-corrected chi connectivity index (χ3v) is 5.24. The number of aryl methyl sites for hydroxylation is 1. The van der Waals surface area contributed by atoms with Crippen LogP contribution in [0.1, 0.15) is 37.7 Å². The number of hydrogen-bond donors (Lipinski definition) is 2. The van der Waals surface area contributed by atoms with Crippen molar-refractivity contribution in [2.75, 3.05) is 26.2 Å². The maximum atomic E-state index is 12.0. The number of nitrogens with zero attached hydrogens (tertiary/aromatic N) is 1. The molecular formula is C20H30N2O3. The molecule has 3 rings (SSSR count). The molecule has 0 spiro atoms. The Morgan fingerprint density at radius 2 is 2.00 bits per heavy atom. The molecule has 1 saturated carbocycles. The summed E-state index contributed by atoms with van der Waals surface area (Å²) in [4.78, 5) is 14.4. The molecular weight excluding hydrogens is 316 g/mol. The summed E-state index contributed by atoms with van der Waals surface area (Å²) in [5.74, 6) is 0.886. The van der Waals surface area contributed by atoms with Gasteiger partial charge in [-0.15, -0.1) is 0 Å². The van der Waals surface area contributed by atoms with Crippen LogP contribution >= 0.6 is 0 Å². The van der Waals surface area contributed by atoms with Crippen molar-refractivity contribution in [3.63, 3.8) is 0 Å². The topological polar surface area (TPSA) is 61.8 Å². The molecule has 138 valence electrons. The number of piperidine rings is 1. The van der Waals surface area contributed by atoms with E-state index in [1.165, 1.54) is 5.56 Å². The number of aliphatic hydroxyl groups excluding tert-OH is 1. The van der Waals surface area contributed by atoms with Gasteiger partial charge in [-0.3, -0.25) is 4.79 Å². The number of carbonyl (C=O) groups excluding carboxylic acids is 1. The Labute approximate surface area is 150 Å². The predicted octanol–water partition coefficient (Wildman–Crippen LogP) is 2.12. The minimum absolute atomic E-state index is 0.0956. The Morgan fingerprint density at radius 3 is 2.68 bits per heavy atom. The third-order valence-electron chi connectivity index (χ3n) is 5.24. The zero-order valence-electron chi connectivity index (χ0n) is 15.1. The summed E-state index contributed by atoms with van der Waals surface area (Å²) < 4.78 is 5.84. The summed E-state index contributed by atoms with van der Waals surface area (Å²) in [6, 6.07) is 8.40. The number of hydrogen-bond acceptors (Lipinski definition) is 4. The van der Waals surface area contributed by atoms with Crippen LogP contribution in [0.4, 0.5) is 0 Å². The van der Waals surface area contributed by atoms with E-state index in [1.807, 2.05) is 18.2 Å². The first kappa shape index (κ1) is 18.2. The second-order valence-electron chi connectivity index (χ2n) is 7.37. The van der Waals surface area contributed by atoms with Gasteiger partial charge in [-0.1, -0.05) is 18.2 Å². The second kappa shape index (κ2) is 8.68. The van der Waals surface area contributed by atoms with Crippen LogP contribution in [0.3, 0.4) is 0 Å². The SMILES string of the molecule is Cc1ccccc1OCCCN1CCC(C(O)C(=O)NC2CC2)CC1. The fourth-order valence-electron chi connectivity index (χ4n) is 3.41. The van der Waals surface area contributed by atoms with Gasteiger partial charge in [0.1, 0.15) is 11.9 Å². The van der Waals surface area contributed by atoms with E-state index in [9.17, 15) is 9.90 Å². The van der Waals surface area contributed by atoms with E-state index in [0.29, 0.717) is 6.04 Å². The highest BCUT2D eigenvalue weighted by Crippen LogP contribution is 2.23. The molecule has 1 aromatic rings. The van der Waals surface area contributed by atoms with E-state index in [4.69, 9.17) is 4.74 Å². The van der Waals surface area contributed by atoms with Crippen LogP contribution in [0.15, 0.2) is 24.3 Å². The lowest BCUT2D eigenvalue weighted by atomic mass is 9.90. The highest BCUT2D eigenvalue weighted by Gasteiger charge is 2.32. The number of likely N-dealkylation sites (tertiary alicyclic amines) is 1. The number of carbonyl (C=O) groups is 1. The average molecular weight is 346 g/mol. The van der Waals surface area contributed by atoms with Crippen LogP contribution in [-0.2, 0) is 4.79 Å². The lowest BCUT2D eigenvalue weighted by Gasteiger charge is -2.33. The number of aliphatic hydroxyl groups is 1. The number of nitrogens with one attached hydrogen (secondary N) is 1. The van der Waals surface area contributed by atoms with E-state index in [2.05, 4.69) is 23.2 Å². The molecule has 1 atom stereocenters. The van der Waals surface area contributed by atoms with Gasteiger partial charge in [0.25, 0.3) is 0 Å². The molecule has 1 aromatic carbocycles. The summed E-state index contributed by atoms with van der Waals surface area (Å²) in [5.41, 5.74) is 1.17. The molecule has 1 unspecified atom stereocenters. The van der Waals surface area contributed by atoms with Crippen LogP contribution in [-0.4, -0.2) is 54.3 Å². The number of para-hydroxylation sites is 1. The number of amides is 1. The molecule has 1 amide bonds. The minimum Gasteiger partial charge on any atom is -0.493 e. The number of ether oxygens (including phenoxy) is 1. The highest BCUT2D eigenvalue weighted by atomic mass is 16.5. The molecule has 1 aliphatic carbocycles. The van der Waals surface area contributed by atoms with Crippen molar-refractivity contribution in [2.24, 2.45) is 5.92 Å². The lowest BCUT2D eigenvalue weighted by molar-refractivity contribution is -0.133. The Morgan fingerprint density at radius 1 is 1.28 bits per heavy atom. The summed E-state index contributed by atoms with van der Waals surface area (Å²) in [6.45, 7) is 5.68. The fraction of sp³-hybridized carbons (Fsp3) is 0.650. The van der Waals surface area contributed by atoms with Crippen molar-refractivity contribution in [2.45, 2.75) is 51.2 Å². The number of benzene rings is 1. The molecule has 5 nitrogen and oxygen atoms in total. The van der Waals surface area contributed by atoms with Crippen molar-refractivity contribution in [1.29, 1.82) is 0 Å². The lowest BCUT2D eigenvalue weighted by Crippen LogP contribution is -2.45. The maximum Gasteiger partial charge on any atom is 0.249 e. The first-order valence-electron chi connectivity index (χ1n) is 9.52. The van der Waals surface area contributed by atoms with Crippen LogP contribution < -0.4 is 10.1 Å². The van der Waals surface area contributed by atoms with Crippen molar-refractivity contribution in [3.05, 3.63) is 29.8 Å². The van der Waals surface area contributed by atoms with Crippen LogP contribution in [0, 0.1) is 12.8 Å². The number of rotatable bonds is 8. The fourth-order valence-corrected chi connectivity index (χ4v) is 3.41. The second-order valence-corrected chi connectivity index (χ2v) is 7.37. The Kier molecular flexibility index (Phi) is 6.32. The quantitative estimate of drug-likeness (QED) is 0.708. The average Bonchev–Trinajstić information content (AvgIpc) is 3.44. The summed E-state index contributed by atoms with van der Waals surface area (Å²) in [6.07, 6.45) is 4.04. The van der Waals surface area contributed by atoms with E-state index in [1.54, 1.807) is 0 Å². The molecule has 2 fully saturated rings. The van der Waals surface area contributed by atoms with E-state index < -0.39 is 6.10 Å². The molecule has 0 bridgehead atoms. The molecule has 25 heavy (non-hydrogen) atoms. The van der Waals surface area contributed by atoms with Gasteiger partial charge in [0.2, 0.25) is 5.91 Å². The summed E-state index contributed by atoms with van der Waals surface area (Å²) in [7, 11) is 0. The van der Waals surface area contributed by atoms with E-state index in [0.717, 1.165) is 64.1 Å². The predicted molar refractivity (Wildman–Crippen MR) is 97.6 cm³/mol. The van der Waals surface area contributed by atoms with Crippen molar-refractivity contribution in [1.82, 2.24) is 10.2 Å². The van der Waals surface area contributed by atoms with Gasteiger partial charge < -0.3 is 20.1 Å². The molecule has 0 aromatic heterocycles. The van der Waals surface area contributed by atoms with Crippen molar-refractivity contribution < 1.29 is 14.6 Å². The first-order chi connectivity index (χ1) is 12.1. The third kappa shape index (κ3) is 5.44. The molecule has 1 saturated heterocycles. The van der Waals surface area contributed by atoms with Gasteiger partial charge >= 0.3 is 0 Å². The van der Waals surface area contributed by atoms with Crippen molar-refractivity contribution in [3.8, 4) is 5.75 Å². The van der Waals surface area contributed by atoms with Crippen molar-refractivity contribution >= 4 is 5.91 Å². The zero-order valence-corrected chi connectivity index (χ0v) is 15.1. The van der Waals surface area contributed by atoms with Gasteiger partial charge in [-0.05, 0) is 69.7 Å². The van der Waals surface area contributed by atoms with Gasteiger partial charge in [-0.2, -0.15) is 0 Å².